The van der Waals surface area contributed by atoms with Crippen LogP contribution in [0, 0.1) is 0 Å². The third-order valence-electron chi connectivity index (χ3n) is 4.75. The minimum atomic E-state index is -0.122. The van der Waals surface area contributed by atoms with Gasteiger partial charge in [-0.3, -0.25) is 9.48 Å². The van der Waals surface area contributed by atoms with E-state index in [4.69, 9.17) is 9.84 Å². The Hall–Kier alpha value is -2.14. The molecule has 2 heterocycles. The quantitative estimate of drug-likeness (QED) is 0.792. The summed E-state index contributed by atoms with van der Waals surface area (Å²) < 4.78 is 6.75. The molecular formula is C19H25N3O2. The Labute approximate surface area is 143 Å². The molecule has 5 heteroatoms. The van der Waals surface area contributed by atoms with Crippen LogP contribution in [0.1, 0.15) is 24.1 Å². The number of esters is 1. The molecule has 5 nitrogen and oxygen atoms in total. The molecule has 24 heavy (non-hydrogen) atoms. The molecule has 1 aromatic heterocycles. The molecule has 1 aliphatic rings. The molecule has 2 aromatic rings. The van der Waals surface area contributed by atoms with E-state index in [1.165, 1.54) is 23.9 Å². The van der Waals surface area contributed by atoms with Gasteiger partial charge < -0.3 is 9.64 Å². The van der Waals surface area contributed by atoms with Crippen LogP contribution in [0.25, 0.3) is 11.3 Å². The van der Waals surface area contributed by atoms with Gasteiger partial charge in [0.25, 0.3) is 0 Å². The topological polar surface area (TPSA) is 47.4 Å². The third kappa shape index (κ3) is 3.67. The summed E-state index contributed by atoms with van der Waals surface area (Å²) in [5, 5.41) is 4.76. The largest absolute Gasteiger partial charge is 0.469 e. The first-order chi connectivity index (χ1) is 11.7. The van der Waals surface area contributed by atoms with Crippen LogP contribution in [0.3, 0.4) is 0 Å². The van der Waals surface area contributed by atoms with Gasteiger partial charge in [0.1, 0.15) is 0 Å². The van der Waals surface area contributed by atoms with Crippen LogP contribution in [0.5, 0.6) is 0 Å². The van der Waals surface area contributed by atoms with Crippen molar-refractivity contribution in [1.29, 1.82) is 0 Å². The van der Waals surface area contributed by atoms with E-state index in [0.717, 1.165) is 44.6 Å². The third-order valence-corrected chi connectivity index (χ3v) is 4.75. The number of aryl methyl sites for hydroxylation is 1. The molecule has 1 aliphatic heterocycles. The van der Waals surface area contributed by atoms with Crippen LogP contribution in [-0.2, 0) is 29.4 Å². The van der Waals surface area contributed by atoms with E-state index in [2.05, 4.69) is 29.2 Å². The van der Waals surface area contributed by atoms with Crippen molar-refractivity contribution < 1.29 is 9.53 Å². The van der Waals surface area contributed by atoms with E-state index in [1.807, 2.05) is 17.8 Å². The molecule has 0 fully saturated rings. The second-order valence-corrected chi connectivity index (χ2v) is 6.28. The Morgan fingerprint density at radius 2 is 1.96 bits per heavy atom. The number of aromatic nitrogens is 2. The summed E-state index contributed by atoms with van der Waals surface area (Å²) >= 11 is 0. The molecule has 0 N–H and O–H groups in total. The minimum Gasteiger partial charge on any atom is -0.469 e. The van der Waals surface area contributed by atoms with Crippen molar-refractivity contribution in [2.75, 3.05) is 26.7 Å². The zero-order valence-electron chi connectivity index (χ0n) is 14.5. The molecule has 0 amide bonds. The second-order valence-electron chi connectivity index (χ2n) is 6.28. The maximum absolute atomic E-state index is 11.3. The summed E-state index contributed by atoms with van der Waals surface area (Å²) in [7, 11) is 3.49. The lowest BCUT2D eigenvalue weighted by atomic mass is 10.0. The fraction of sp³-hybridized carbons (Fsp3) is 0.474. The standard InChI is InChI=1S/C19H25N3O2/c1-21-17-11-14-22(12-6-9-18(23)24-2)13-10-16(17)19(20-21)15-7-4-3-5-8-15/h3-5,7-8H,6,9-14H2,1-2H3. The Bertz CT molecular complexity index is 694. The van der Waals surface area contributed by atoms with Crippen molar-refractivity contribution in [2.45, 2.75) is 25.7 Å². The Morgan fingerprint density at radius 1 is 1.21 bits per heavy atom. The van der Waals surface area contributed by atoms with E-state index in [0.29, 0.717) is 6.42 Å². The van der Waals surface area contributed by atoms with Crippen molar-refractivity contribution >= 4 is 5.97 Å². The van der Waals surface area contributed by atoms with Crippen molar-refractivity contribution in [3.63, 3.8) is 0 Å². The highest BCUT2D eigenvalue weighted by Gasteiger charge is 2.22. The highest BCUT2D eigenvalue weighted by atomic mass is 16.5. The van der Waals surface area contributed by atoms with E-state index in [-0.39, 0.29) is 5.97 Å². The van der Waals surface area contributed by atoms with Gasteiger partial charge in [-0.05, 0) is 19.4 Å². The SMILES string of the molecule is COC(=O)CCCN1CCc2c(-c3ccccc3)nn(C)c2CC1. The van der Waals surface area contributed by atoms with Crippen LogP contribution in [0.2, 0.25) is 0 Å². The van der Waals surface area contributed by atoms with Crippen molar-refractivity contribution in [2.24, 2.45) is 7.05 Å². The average Bonchev–Trinajstić information content (AvgIpc) is 2.79. The number of hydrogen-bond donors (Lipinski definition) is 0. The smallest absolute Gasteiger partial charge is 0.305 e. The normalized spacial score (nSPS) is 14.9. The number of fused-ring (bicyclic) bond motifs is 1. The van der Waals surface area contributed by atoms with E-state index >= 15 is 0 Å². The summed E-state index contributed by atoms with van der Waals surface area (Å²) in [5.41, 5.74) is 5.02. The zero-order chi connectivity index (χ0) is 16.9. The van der Waals surface area contributed by atoms with Gasteiger partial charge in [0.15, 0.2) is 0 Å². The number of rotatable bonds is 5. The van der Waals surface area contributed by atoms with E-state index < -0.39 is 0 Å². The molecule has 0 saturated heterocycles. The van der Waals surface area contributed by atoms with Crippen LogP contribution < -0.4 is 0 Å². The van der Waals surface area contributed by atoms with Gasteiger partial charge in [-0.1, -0.05) is 30.3 Å². The second kappa shape index (κ2) is 7.62. The molecule has 128 valence electrons. The summed E-state index contributed by atoms with van der Waals surface area (Å²) in [5.74, 6) is -0.122. The summed E-state index contributed by atoms with van der Waals surface area (Å²) in [6, 6.07) is 10.4. The predicted octanol–water partition coefficient (Wildman–Crippen LogP) is 2.44. The number of hydrogen-bond acceptors (Lipinski definition) is 4. The number of ether oxygens (including phenoxy) is 1. The number of benzene rings is 1. The van der Waals surface area contributed by atoms with Crippen molar-refractivity contribution in [3.05, 3.63) is 41.6 Å². The zero-order valence-corrected chi connectivity index (χ0v) is 14.5. The van der Waals surface area contributed by atoms with Gasteiger partial charge in [-0.15, -0.1) is 0 Å². The number of carbonyl (C=O) groups is 1. The molecule has 3 rings (SSSR count). The van der Waals surface area contributed by atoms with Crippen LogP contribution in [0.4, 0.5) is 0 Å². The summed E-state index contributed by atoms with van der Waals surface area (Å²) in [6.45, 7) is 2.97. The number of methoxy groups -OCH3 is 1. The Morgan fingerprint density at radius 3 is 2.71 bits per heavy atom. The molecule has 0 saturated carbocycles. The lowest BCUT2D eigenvalue weighted by molar-refractivity contribution is -0.140. The van der Waals surface area contributed by atoms with Crippen molar-refractivity contribution in [3.8, 4) is 11.3 Å². The first-order valence-corrected chi connectivity index (χ1v) is 8.58. The van der Waals surface area contributed by atoms with Gasteiger partial charge in [-0.2, -0.15) is 5.10 Å². The number of nitrogens with zero attached hydrogens (tertiary/aromatic N) is 3. The Balaban J connectivity index is 1.69. The molecule has 0 atom stereocenters. The monoisotopic (exact) mass is 327 g/mol. The van der Waals surface area contributed by atoms with Gasteiger partial charge >= 0.3 is 5.97 Å². The fourth-order valence-electron chi connectivity index (χ4n) is 3.42. The molecule has 0 unspecified atom stereocenters. The highest BCUT2D eigenvalue weighted by Crippen LogP contribution is 2.27. The molecule has 0 radical (unpaired) electrons. The molecular weight excluding hydrogens is 302 g/mol. The molecule has 0 aliphatic carbocycles. The molecule has 0 bridgehead atoms. The fourth-order valence-corrected chi connectivity index (χ4v) is 3.42. The average molecular weight is 327 g/mol. The minimum absolute atomic E-state index is 0.122. The van der Waals surface area contributed by atoms with Crippen molar-refractivity contribution in [1.82, 2.24) is 14.7 Å². The lowest BCUT2D eigenvalue weighted by Gasteiger charge is -2.19. The highest BCUT2D eigenvalue weighted by molar-refractivity contribution is 5.69. The summed E-state index contributed by atoms with van der Waals surface area (Å²) in [4.78, 5) is 13.7. The first kappa shape index (κ1) is 16.7. The predicted molar refractivity (Wildman–Crippen MR) is 93.7 cm³/mol. The summed E-state index contributed by atoms with van der Waals surface area (Å²) in [6.07, 6.45) is 3.36. The number of carbonyl (C=O) groups excluding carboxylic acids is 1. The first-order valence-electron chi connectivity index (χ1n) is 8.58. The van der Waals surface area contributed by atoms with E-state index in [1.54, 1.807) is 0 Å². The maximum atomic E-state index is 11.3. The van der Waals surface area contributed by atoms with Gasteiger partial charge in [0.2, 0.25) is 0 Å². The molecule has 1 aromatic carbocycles. The Kier molecular flexibility index (Phi) is 5.30. The van der Waals surface area contributed by atoms with Gasteiger partial charge in [-0.25, -0.2) is 0 Å². The molecule has 0 spiro atoms. The van der Waals surface area contributed by atoms with Gasteiger partial charge in [0.05, 0.1) is 12.8 Å². The van der Waals surface area contributed by atoms with Gasteiger partial charge in [0, 0.05) is 49.8 Å². The van der Waals surface area contributed by atoms with Crippen LogP contribution in [-0.4, -0.2) is 47.4 Å². The van der Waals surface area contributed by atoms with Crippen LogP contribution in [0.15, 0.2) is 30.3 Å². The maximum Gasteiger partial charge on any atom is 0.305 e. The van der Waals surface area contributed by atoms with Crippen LogP contribution >= 0.6 is 0 Å². The van der Waals surface area contributed by atoms with E-state index in [9.17, 15) is 4.79 Å². The lowest BCUT2D eigenvalue weighted by Crippen LogP contribution is -2.28.